The predicted octanol–water partition coefficient (Wildman–Crippen LogP) is -0.278. The number of carbonyl (C=O) groups is 1. The number of ether oxygens (including phenoxy) is 1. The van der Waals surface area contributed by atoms with Gasteiger partial charge in [0.15, 0.2) is 0 Å². The number of unbranched alkanes of at least 4 members (excludes halogenated alkanes) is 5. The van der Waals surface area contributed by atoms with Gasteiger partial charge in [-0.05, 0) is 30.5 Å². The van der Waals surface area contributed by atoms with Crippen LogP contribution in [-0.4, -0.2) is 12.6 Å². The van der Waals surface area contributed by atoms with Gasteiger partial charge in [0.25, 0.3) is 0 Å². The number of rotatable bonds is 10. The van der Waals surface area contributed by atoms with Gasteiger partial charge >= 0.3 is 29.6 Å². The molecule has 0 aliphatic rings. The molecule has 1 aromatic carbocycles. The van der Waals surface area contributed by atoms with Crippen LogP contribution in [0.1, 0.15) is 51.0 Å². The van der Waals surface area contributed by atoms with Gasteiger partial charge in [-0.2, -0.15) is 0 Å². The van der Waals surface area contributed by atoms with E-state index >= 15 is 0 Å². The van der Waals surface area contributed by atoms with Gasteiger partial charge in [-0.1, -0.05) is 51.2 Å². The van der Waals surface area contributed by atoms with Crippen LogP contribution in [0.3, 0.4) is 0 Å². The van der Waals surface area contributed by atoms with Crippen molar-refractivity contribution in [2.75, 3.05) is 6.61 Å². The second-order valence-electron chi connectivity index (χ2n) is 4.82. The van der Waals surface area contributed by atoms with Crippen molar-refractivity contribution in [1.29, 1.82) is 0 Å². The summed E-state index contributed by atoms with van der Waals surface area (Å²) in [5, 5.41) is 10.3. The van der Waals surface area contributed by atoms with Crippen molar-refractivity contribution in [3.05, 3.63) is 29.8 Å². The summed E-state index contributed by atoms with van der Waals surface area (Å²) < 4.78 is 5.03. The van der Waals surface area contributed by atoms with Crippen LogP contribution in [0, 0.1) is 0 Å². The molecular formula is C16H23NaO3. The maximum atomic E-state index is 10.3. The van der Waals surface area contributed by atoms with E-state index in [0.717, 1.165) is 6.42 Å². The summed E-state index contributed by atoms with van der Waals surface area (Å²) >= 11 is 0. The average molecular weight is 286 g/mol. The number of carboxylic acid groups (broad SMARTS) is 1. The van der Waals surface area contributed by atoms with E-state index in [1.165, 1.54) is 44.1 Å². The van der Waals surface area contributed by atoms with Crippen molar-refractivity contribution in [3.8, 4) is 5.75 Å². The molecule has 0 radical (unpaired) electrons. The SMILES string of the molecule is CCCCCCCCc1ccc(OCC(=O)[O-])cc1.[Na+]. The summed E-state index contributed by atoms with van der Waals surface area (Å²) in [7, 11) is 0. The minimum Gasteiger partial charge on any atom is -0.546 e. The Bertz CT molecular complexity index is 362. The first-order valence-electron chi connectivity index (χ1n) is 7.14. The molecule has 0 aromatic heterocycles. The summed E-state index contributed by atoms with van der Waals surface area (Å²) in [6.07, 6.45) is 8.85. The van der Waals surface area contributed by atoms with E-state index in [9.17, 15) is 9.90 Å². The van der Waals surface area contributed by atoms with Crippen LogP contribution in [0.5, 0.6) is 5.75 Å². The molecule has 0 saturated carbocycles. The molecule has 3 nitrogen and oxygen atoms in total. The molecule has 0 aliphatic carbocycles. The number of hydrogen-bond acceptors (Lipinski definition) is 3. The quantitative estimate of drug-likeness (QED) is 0.439. The van der Waals surface area contributed by atoms with Gasteiger partial charge in [0, 0.05) is 0 Å². The molecule has 0 N–H and O–H groups in total. The Hall–Kier alpha value is -0.510. The van der Waals surface area contributed by atoms with Gasteiger partial charge in [0.05, 0.1) is 5.97 Å². The van der Waals surface area contributed by atoms with Crippen molar-refractivity contribution in [2.45, 2.75) is 51.9 Å². The molecule has 0 aliphatic heterocycles. The minimum atomic E-state index is -1.20. The Labute approximate surface area is 144 Å². The summed E-state index contributed by atoms with van der Waals surface area (Å²) in [6, 6.07) is 7.62. The Morgan fingerprint density at radius 3 is 2.25 bits per heavy atom. The molecule has 106 valence electrons. The second-order valence-corrected chi connectivity index (χ2v) is 4.82. The number of carbonyl (C=O) groups excluding carboxylic acids is 1. The number of carboxylic acids is 1. The van der Waals surface area contributed by atoms with Gasteiger partial charge in [-0.15, -0.1) is 0 Å². The summed E-state index contributed by atoms with van der Waals surface area (Å²) in [5.41, 5.74) is 1.27. The third-order valence-electron chi connectivity index (χ3n) is 3.10. The molecule has 0 spiro atoms. The molecule has 0 amide bonds. The molecule has 0 unspecified atom stereocenters. The van der Waals surface area contributed by atoms with E-state index in [-0.39, 0.29) is 29.6 Å². The molecular weight excluding hydrogens is 263 g/mol. The molecule has 0 fully saturated rings. The first-order chi connectivity index (χ1) is 9.22. The van der Waals surface area contributed by atoms with Crippen molar-refractivity contribution in [2.24, 2.45) is 0 Å². The van der Waals surface area contributed by atoms with Crippen molar-refractivity contribution < 1.29 is 44.2 Å². The van der Waals surface area contributed by atoms with Crippen LogP contribution < -0.4 is 39.4 Å². The topological polar surface area (TPSA) is 49.4 Å². The molecule has 0 atom stereocenters. The second kappa shape index (κ2) is 12.2. The van der Waals surface area contributed by atoms with Crippen LogP contribution in [-0.2, 0) is 11.2 Å². The smallest absolute Gasteiger partial charge is 0.546 e. The maximum Gasteiger partial charge on any atom is 1.00 e. The third kappa shape index (κ3) is 9.40. The van der Waals surface area contributed by atoms with Crippen molar-refractivity contribution in [1.82, 2.24) is 0 Å². The minimum absolute atomic E-state index is 0. The summed E-state index contributed by atoms with van der Waals surface area (Å²) in [5.74, 6) is -0.618. The number of aryl methyl sites for hydroxylation is 1. The fourth-order valence-electron chi connectivity index (χ4n) is 2.00. The van der Waals surface area contributed by atoms with Crippen LogP contribution >= 0.6 is 0 Å². The van der Waals surface area contributed by atoms with Gasteiger partial charge in [0.2, 0.25) is 0 Å². The van der Waals surface area contributed by atoms with Crippen molar-refractivity contribution >= 4 is 5.97 Å². The van der Waals surface area contributed by atoms with E-state index < -0.39 is 12.6 Å². The van der Waals surface area contributed by atoms with Crippen LogP contribution in [0.15, 0.2) is 24.3 Å². The predicted molar refractivity (Wildman–Crippen MR) is 74.0 cm³/mol. The molecule has 20 heavy (non-hydrogen) atoms. The molecule has 0 bridgehead atoms. The fourth-order valence-corrected chi connectivity index (χ4v) is 2.00. The monoisotopic (exact) mass is 286 g/mol. The van der Waals surface area contributed by atoms with E-state index in [1.54, 1.807) is 0 Å². The van der Waals surface area contributed by atoms with Gasteiger partial charge in [-0.25, -0.2) is 0 Å². The van der Waals surface area contributed by atoms with E-state index in [4.69, 9.17) is 4.74 Å². The van der Waals surface area contributed by atoms with E-state index in [1.807, 2.05) is 24.3 Å². The Kier molecular flexibility index (Phi) is 11.9. The molecule has 1 aromatic rings. The Morgan fingerprint density at radius 2 is 1.65 bits per heavy atom. The first-order valence-corrected chi connectivity index (χ1v) is 7.14. The van der Waals surface area contributed by atoms with Crippen LogP contribution in [0.4, 0.5) is 0 Å². The normalized spacial score (nSPS) is 9.85. The largest absolute Gasteiger partial charge is 1.00 e. The zero-order chi connectivity index (χ0) is 13.9. The van der Waals surface area contributed by atoms with Crippen LogP contribution in [0.2, 0.25) is 0 Å². The van der Waals surface area contributed by atoms with Crippen molar-refractivity contribution in [3.63, 3.8) is 0 Å². The number of hydrogen-bond donors (Lipinski definition) is 0. The van der Waals surface area contributed by atoms with Gasteiger partial charge < -0.3 is 14.6 Å². The molecule has 4 heteroatoms. The summed E-state index contributed by atoms with van der Waals surface area (Å²) in [4.78, 5) is 10.3. The zero-order valence-electron chi connectivity index (χ0n) is 12.7. The molecule has 0 heterocycles. The first kappa shape index (κ1) is 19.5. The summed E-state index contributed by atoms with van der Waals surface area (Å²) in [6.45, 7) is 1.83. The molecule has 1 rings (SSSR count). The van der Waals surface area contributed by atoms with E-state index in [2.05, 4.69) is 6.92 Å². The number of aliphatic carboxylic acids is 1. The zero-order valence-corrected chi connectivity index (χ0v) is 14.7. The number of benzene rings is 1. The maximum absolute atomic E-state index is 10.3. The van der Waals surface area contributed by atoms with E-state index in [0.29, 0.717) is 5.75 Å². The Morgan fingerprint density at radius 1 is 1.05 bits per heavy atom. The molecule has 0 saturated heterocycles. The van der Waals surface area contributed by atoms with Gasteiger partial charge in [0.1, 0.15) is 12.4 Å². The third-order valence-corrected chi connectivity index (χ3v) is 3.10. The average Bonchev–Trinajstić information content (AvgIpc) is 2.41. The fraction of sp³-hybridized carbons (Fsp3) is 0.562. The van der Waals surface area contributed by atoms with Gasteiger partial charge in [-0.3, -0.25) is 0 Å². The standard InChI is InChI=1S/C16H24O3.Na/c1-2-3-4-5-6-7-8-14-9-11-15(12-10-14)19-13-16(17)18;/h9-12H,2-8,13H2,1H3,(H,17,18);/q;+1/p-1. The Balaban J connectivity index is 0.00000361. The van der Waals surface area contributed by atoms with Crippen LogP contribution in [0.25, 0.3) is 0 Å².